The van der Waals surface area contributed by atoms with Crippen molar-refractivity contribution in [3.8, 4) is 0 Å². The molecule has 0 aliphatic carbocycles. The van der Waals surface area contributed by atoms with Gasteiger partial charge in [-0.3, -0.25) is 0 Å². The van der Waals surface area contributed by atoms with Gasteiger partial charge in [-0.05, 0) is 26.4 Å². The van der Waals surface area contributed by atoms with Gasteiger partial charge in [0.25, 0.3) is 0 Å². The zero-order valence-corrected chi connectivity index (χ0v) is 8.01. The summed E-state index contributed by atoms with van der Waals surface area (Å²) in [6, 6.07) is 0. The van der Waals surface area contributed by atoms with Crippen LogP contribution in [-0.2, 0) is 4.74 Å². The van der Waals surface area contributed by atoms with E-state index in [-0.39, 0.29) is 11.7 Å². The van der Waals surface area contributed by atoms with Crippen LogP contribution in [0.15, 0.2) is 0 Å². The standard InChI is InChI=1S/C9H16N2O2/c1-11-6-2-3-9(7-11)4-5-10-8(12)13-9/h2-7H2,1H3,(H,10,12). The maximum atomic E-state index is 11.1. The Balaban J connectivity index is 2.04. The summed E-state index contributed by atoms with van der Waals surface area (Å²) < 4.78 is 5.39. The minimum atomic E-state index is -0.249. The third-order valence-corrected chi connectivity index (χ3v) is 2.89. The number of alkyl carbamates (subject to hydrolysis) is 1. The molecular formula is C9H16N2O2. The second-order valence-corrected chi connectivity index (χ2v) is 4.09. The lowest BCUT2D eigenvalue weighted by Gasteiger charge is -2.43. The Bertz CT molecular complexity index is 216. The van der Waals surface area contributed by atoms with Crippen LogP contribution >= 0.6 is 0 Å². The fourth-order valence-electron chi connectivity index (χ4n) is 2.28. The lowest BCUT2D eigenvalue weighted by atomic mass is 9.89. The van der Waals surface area contributed by atoms with Gasteiger partial charge in [-0.2, -0.15) is 0 Å². The molecule has 0 bridgehead atoms. The molecule has 2 aliphatic rings. The highest BCUT2D eigenvalue weighted by Crippen LogP contribution is 2.29. The highest BCUT2D eigenvalue weighted by Gasteiger charge is 2.40. The van der Waals surface area contributed by atoms with E-state index in [1.807, 2.05) is 0 Å². The third-order valence-electron chi connectivity index (χ3n) is 2.89. The van der Waals surface area contributed by atoms with Gasteiger partial charge in [0.15, 0.2) is 0 Å². The average Bonchev–Trinajstić information content (AvgIpc) is 2.02. The van der Waals surface area contributed by atoms with Crippen molar-refractivity contribution in [2.24, 2.45) is 0 Å². The molecule has 2 rings (SSSR count). The summed E-state index contributed by atoms with van der Waals surface area (Å²) in [4.78, 5) is 13.3. The summed E-state index contributed by atoms with van der Waals surface area (Å²) in [6.45, 7) is 2.76. The molecule has 4 nitrogen and oxygen atoms in total. The first-order valence-corrected chi connectivity index (χ1v) is 4.86. The third kappa shape index (κ3) is 1.77. The van der Waals surface area contributed by atoms with Gasteiger partial charge in [-0.1, -0.05) is 0 Å². The molecule has 13 heavy (non-hydrogen) atoms. The quantitative estimate of drug-likeness (QED) is 0.598. The minimum absolute atomic E-state index is 0.185. The van der Waals surface area contributed by atoms with Crippen LogP contribution in [0.5, 0.6) is 0 Å². The summed E-state index contributed by atoms with van der Waals surface area (Å²) in [5.41, 5.74) is -0.185. The molecule has 74 valence electrons. The molecular weight excluding hydrogens is 168 g/mol. The molecule has 0 radical (unpaired) electrons. The number of piperidine rings is 1. The Morgan fingerprint density at radius 2 is 2.38 bits per heavy atom. The number of hydrogen-bond acceptors (Lipinski definition) is 3. The van der Waals surface area contributed by atoms with Crippen LogP contribution in [0, 0.1) is 0 Å². The highest BCUT2D eigenvalue weighted by molar-refractivity contribution is 5.68. The van der Waals surface area contributed by atoms with Gasteiger partial charge < -0.3 is 15.0 Å². The molecule has 0 aromatic rings. The molecule has 2 saturated heterocycles. The summed E-state index contributed by atoms with van der Waals surface area (Å²) in [5, 5.41) is 2.69. The smallest absolute Gasteiger partial charge is 0.407 e. The molecule has 0 saturated carbocycles. The average molecular weight is 184 g/mol. The molecule has 4 heteroatoms. The van der Waals surface area contributed by atoms with Crippen LogP contribution < -0.4 is 5.32 Å². The molecule has 1 atom stereocenters. The van der Waals surface area contributed by atoms with E-state index in [1.54, 1.807) is 0 Å². The summed E-state index contributed by atoms with van der Waals surface area (Å²) in [7, 11) is 2.08. The van der Waals surface area contributed by atoms with E-state index in [0.717, 1.165) is 38.9 Å². The molecule has 0 aromatic carbocycles. The van der Waals surface area contributed by atoms with Crippen LogP contribution in [0.1, 0.15) is 19.3 Å². The van der Waals surface area contributed by atoms with E-state index in [9.17, 15) is 4.79 Å². The first-order chi connectivity index (χ1) is 6.20. The lowest BCUT2D eigenvalue weighted by Crippen LogP contribution is -2.55. The molecule has 2 aliphatic heterocycles. The normalized spacial score (nSPS) is 35.6. The second kappa shape index (κ2) is 3.18. The predicted molar refractivity (Wildman–Crippen MR) is 48.6 cm³/mol. The van der Waals surface area contributed by atoms with E-state index in [1.165, 1.54) is 0 Å². The van der Waals surface area contributed by atoms with E-state index < -0.39 is 0 Å². The van der Waals surface area contributed by atoms with Gasteiger partial charge in [-0.15, -0.1) is 0 Å². The van der Waals surface area contributed by atoms with Crippen LogP contribution in [0.2, 0.25) is 0 Å². The van der Waals surface area contributed by atoms with Crippen molar-refractivity contribution in [3.05, 3.63) is 0 Å². The fraction of sp³-hybridized carbons (Fsp3) is 0.889. The Morgan fingerprint density at radius 1 is 1.54 bits per heavy atom. The van der Waals surface area contributed by atoms with Crippen molar-refractivity contribution in [3.63, 3.8) is 0 Å². The van der Waals surface area contributed by atoms with Crippen molar-refractivity contribution in [2.75, 3.05) is 26.7 Å². The fourth-order valence-corrected chi connectivity index (χ4v) is 2.28. The Labute approximate surface area is 78.2 Å². The molecule has 1 spiro atoms. The number of hydrogen-bond donors (Lipinski definition) is 1. The van der Waals surface area contributed by atoms with Crippen LogP contribution in [0.25, 0.3) is 0 Å². The van der Waals surface area contributed by atoms with Gasteiger partial charge >= 0.3 is 6.09 Å². The summed E-state index contributed by atoms with van der Waals surface area (Å²) in [5.74, 6) is 0. The first-order valence-electron chi connectivity index (χ1n) is 4.86. The van der Waals surface area contributed by atoms with Crippen molar-refractivity contribution >= 4 is 6.09 Å². The Kier molecular flexibility index (Phi) is 2.15. The molecule has 2 heterocycles. The van der Waals surface area contributed by atoms with E-state index >= 15 is 0 Å². The van der Waals surface area contributed by atoms with E-state index in [0.29, 0.717) is 0 Å². The maximum absolute atomic E-state index is 11.1. The van der Waals surface area contributed by atoms with Crippen molar-refractivity contribution < 1.29 is 9.53 Å². The van der Waals surface area contributed by atoms with Crippen LogP contribution in [0.4, 0.5) is 4.79 Å². The number of rotatable bonds is 0. The summed E-state index contributed by atoms with van der Waals surface area (Å²) >= 11 is 0. The van der Waals surface area contributed by atoms with Crippen molar-refractivity contribution in [1.82, 2.24) is 10.2 Å². The molecule has 0 aromatic heterocycles. The molecule has 1 N–H and O–H groups in total. The monoisotopic (exact) mass is 184 g/mol. The zero-order valence-electron chi connectivity index (χ0n) is 8.01. The number of ether oxygens (including phenoxy) is 1. The number of nitrogens with zero attached hydrogens (tertiary/aromatic N) is 1. The van der Waals surface area contributed by atoms with Gasteiger partial charge in [0.2, 0.25) is 0 Å². The number of amides is 1. The zero-order chi connectivity index (χ0) is 9.31. The van der Waals surface area contributed by atoms with Crippen LogP contribution in [-0.4, -0.2) is 43.3 Å². The number of carbonyl (C=O) groups is 1. The molecule has 2 fully saturated rings. The SMILES string of the molecule is CN1CCCC2(CCNC(=O)O2)C1. The number of likely N-dealkylation sites (tertiary alicyclic amines) is 1. The van der Waals surface area contributed by atoms with Crippen LogP contribution in [0.3, 0.4) is 0 Å². The van der Waals surface area contributed by atoms with Crippen molar-refractivity contribution in [1.29, 1.82) is 0 Å². The van der Waals surface area contributed by atoms with Crippen molar-refractivity contribution in [2.45, 2.75) is 24.9 Å². The topological polar surface area (TPSA) is 41.6 Å². The molecule has 1 unspecified atom stereocenters. The first kappa shape index (κ1) is 8.81. The number of carbonyl (C=O) groups excluding carboxylic acids is 1. The lowest BCUT2D eigenvalue weighted by molar-refractivity contribution is -0.0559. The van der Waals surface area contributed by atoms with Gasteiger partial charge in [-0.25, -0.2) is 4.79 Å². The number of nitrogens with one attached hydrogen (secondary N) is 1. The highest BCUT2D eigenvalue weighted by atomic mass is 16.6. The summed E-state index contributed by atoms with van der Waals surface area (Å²) in [6.07, 6.45) is 2.85. The number of likely N-dealkylation sites (N-methyl/N-ethyl adjacent to an activating group) is 1. The predicted octanol–water partition coefficient (Wildman–Crippen LogP) is 0.581. The largest absolute Gasteiger partial charge is 0.442 e. The van der Waals surface area contributed by atoms with E-state index in [2.05, 4.69) is 17.3 Å². The van der Waals surface area contributed by atoms with Gasteiger partial charge in [0.1, 0.15) is 5.60 Å². The molecule has 1 amide bonds. The van der Waals surface area contributed by atoms with Gasteiger partial charge in [0.05, 0.1) is 0 Å². The Hall–Kier alpha value is -0.770. The Morgan fingerprint density at radius 3 is 3.08 bits per heavy atom. The second-order valence-electron chi connectivity index (χ2n) is 4.09. The van der Waals surface area contributed by atoms with E-state index in [4.69, 9.17) is 4.74 Å². The van der Waals surface area contributed by atoms with Gasteiger partial charge in [0, 0.05) is 19.5 Å². The minimum Gasteiger partial charge on any atom is -0.442 e. The maximum Gasteiger partial charge on any atom is 0.407 e.